The van der Waals surface area contributed by atoms with Crippen molar-refractivity contribution in [3.63, 3.8) is 0 Å². The maximum Gasteiger partial charge on any atom is 0.254 e. The molecule has 1 fully saturated rings. The van der Waals surface area contributed by atoms with Gasteiger partial charge in [0.25, 0.3) is 5.91 Å². The van der Waals surface area contributed by atoms with Gasteiger partial charge in [-0.15, -0.1) is 0 Å². The fourth-order valence-electron chi connectivity index (χ4n) is 2.17. The SMILES string of the molecule is CC1(C)COCCN1C(=O)c1ccc(C(N)=S)cc1. The Kier molecular flexibility index (Phi) is 3.87. The lowest BCUT2D eigenvalue weighted by molar-refractivity contribution is -0.0370. The van der Waals surface area contributed by atoms with Crippen molar-refractivity contribution in [3.8, 4) is 0 Å². The summed E-state index contributed by atoms with van der Waals surface area (Å²) in [5, 5.41) is 0. The van der Waals surface area contributed by atoms with Crippen LogP contribution < -0.4 is 5.73 Å². The molecule has 0 aliphatic carbocycles. The van der Waals surface area contributed by atoms with Crippen LogP contribution in [0.15, 0.2) is 24.3 Å². The molecule has 5 heteroatoms. The van der Waals surface area contributed by atoms with Crippen LogP contribution in [-0.2, 0) is 4.74 Å². The first kappa shape index (κ1) is 14.0. The van der Waals surface area contributed by atoms with Crippen molar-refractivity contribution in [3.05, 3.63) is 35.4 Å². The molecule has 1 heterocycles. The molecule has 0 bridgehead atoms. The van der Waals surface area contributed by atoms with Crippen LogP contribution >= 0.6 is 12.2 Å². The Balaban J connectivity index is 2.21. The summed E-state index contributed by atoms with van der Waals surface area (Å²) in [6.07, 6.45) is 0. The molecule has 0 aromatic heterocycles. The maximum absolute atomic E-state index is 12.5. The molecule has 2 rings (SSSR count). The summed E-state index contributed by atoms with van der Waals surface area (Å²) in [5.41, 5.74) is 6.68. The summed E-state index contributed by atoms with van der Waals surface area (Å²) >= 11 is 4.90. The maximum atomic E-state index is 12.5. The standard InChI is InChI=1S/C14H18N2O2S/c1-14(2)9-18-8-7-16(14)13(17)11-5-3-10(4-6-11)12(15)19/h3-6H,7-9H2,1-2H3,(H2,15,19). The summed E-state index contributed by atoms with van der Waals surface area (Å²) in [5.74, 6) is 0.0165. The van der Waals surface area contributed by atoms with Crippen LogP contribution in [0.3, 0.4) is 0 Å². The lowest BCUT2D eigenvalue weighted by Crippen LogP contribution is -2.55. The average molecular weight is 278 g/mol. The van der Waals surface area contributed by atoms with E-state index in [0.717, 1.165) is 5.56 Å². The van der Waals surface area contributed by atoms with E-state index in [0.29, 0.717) is 30.3 Å². The van der Waals surface area contributed by atoms with Crippen LogP contribution in [0.5, 0.6) is 0 Å². The number of nitrogens with zero attached hydrogens (tertiary/aromatic N) is 1. The second-order valence-corrected chi connectivity index (χ2v) is 5.70. The zero-order chi connectivity index (χ0) is 14.0. The second kappa shape index (κ2) is 5.27. The highest BCUT2D eigenvalue weighted by Crippen LogP contribution is 2.21. The van der Waals surface area contributed by atoms with E-state index in [-0.39, 0.29) is 11.4 Å². The highest BCUT2D eigenvalue weighted by molar-refractivity contribution is 7.80. The summed E-state index contributed by atoms with van der Waals surface area (Å²) in [4.78, 5) is 14.7. The minimum absolute atomic E-state index is 0.0165. The Bertz CT molecular complexity index is 497. The van der Waals surface area contributed by atoms with Crippen molar-refractivity contribution >= 4 is 23.1 Å². The molecule has 1 amide bonds. The van der Waals surface area contributed by atoms with E-state index in [1.165, 1.54) is 0 Å². The molecule has 0 spiro atoms. The molecule has 0 radical (unpaired) electrons. The van der Waals surface area contributed by atoms with E-state index in [1.807, 2.05) is 18.7 Å². The monoisotopic (exact) mass is 278 g/mol. The lowest BCUT2D eigenvalue weighted by Gasteiger charge is -2.42. The van der Waals surface area contributed by atoms with Gasteiger partial charge in [-0.2, -0.15) is 0 Å². The number of morpholine rings is 1. The van der Waals surface area contributed by atoms with Crippen LogP contribution in [0.1, 0.15) is 29.8 Å². The van der Waals surface area contributed by atoms with Crippen LogP contribution in [0.25, 0.3) is 0 Å². The molecule has 4 nitrogen and oxygen atoms in total. The van der Waals surface area contributed by atoms with Gasteiger partial charge in [0.05, 0.1) is 18.8 Å². The van der Waals surface area contributed by atoms with Crippen LogP contribution in [0.4, 0.5) is 0 Å². The minimum atomic E-state index is -0.281. The molecule has 19 heavy (non-hydrogen) atoms. The van der Waals surface area contributed by atoms with Crippen LogP contribution in [0, 0.1) is 0 Å². The molecule has 1 saturated heterocycles. The first-order valence-corrected chi connectivity index (χ1v) is 6.62. The Morgan fingerprint density at radius 2 is 1.89 bits per heavy atom. The van der Waals surface area contributed by atoms with Crippen molar-refractivity contribution in [1.29, 1.82) is 0 Å². The van der Waals surface area contributed by atoms with Gasteiger partial charge in [-0.1, -0.05) is 24.4 Å². The molecule has 1 aromatic carbocycles. The number of carbonyl (C=O) groups is 1. The molecule has 2 N–H and O–H groups in total. The molecule has 1 aliphatic heterocycles. The fraction of sp³-hybridized carbons (Fsp3) is 0.429. The Morgan fingerprint density at radius 1 is 1.32 bits per heavy atom. The van der Waals surface area contributed by atoms with Gasteiger partial charge in [-0.25, -0.2) is 0 Å². The van der Waals surface area contributed by atoms with E-state index >= 15 is 0 Å². The van der Waals surface area contributed by atoms with Gasteiger partial charge >= 0.3 is 0 Å². The number of rotatable bonds is 2. The van der Waals surface area contributed by atoms with Gasteiger partial charge in [0, 0.05) is 17.7 Å². The third-order valence-electron chi connectivity index (χ3n) is 3.31. The molecule has 102 valence electrons. The van der Waals surface area contributed by atoms with Gasteiger partial charge in [-0.05, 0) is 26.0 Å². The van der Waals surface area contributed by atoms with Gasteiger partial charge < -0.3 is 15.4 Å². The summed E-state index contributed by atoms with van der Waals surface area (Å²) < 4.78 is 5.42. The Hall–Kier alpha value is -1.46. The van der Waals surface area contributed by atoms with Crippen molar-refractivity contribution in [2.45, 2.75) is 19.4 Å². The number of hydrogen-bond donors (Lipinski definition) is 1. The third-order valence-corrected chi connectivity index (χ3v) is 3.54. The first-order chi connectivity index (χ1) is 8.92. The third kappa shape index (κ3) is 2.93. The lowest BCUT2D eigenvalue weighted by atomic mass is 10.0. The zero-order valence-electron chi connectivity index (χ0n) is 11.2. The quantitative estimate of drug-likeness (QED) is 0.834. The Morgan fingerprint density at radius 3 is 2.42 bits per heavy atom. The molecule has 0 atom stereocenters. The molecule has 0 unspecified atom stereocenters. The number of thiocarbonyl (C=S) groups is 1. The van der Waals surface area contributed by atoms with Crippen molar-refractivity contribution in [2.75, 3.05) is 19.8 Å². The number of carbonyl (C=O) groups excluding carboxylic acids is 1. The summed E-state index contributed by atoms with van der Waals surface area (Å²) in [6.45, 7) is 5.77. The van der Waals surface area contributed by atoms with E-state index in [1.54, 1.807) is 24.3 Å². The highest BCUT2D eigenvalue weighted by Gasteiger charge is 2.34. The normalized spacial score (nSPS) is 18.1. The summed E-state index contributed by atoms with van der Waals surface area (Å²) in [7, 11) is 0. The largest absolute Gasteiger partial charge is 0.389 e. The molecule has 0 saturated carbocycles. The topological polar surface area (TPSA) is 55.6 Å². The van der Waals surface area contributed by atoms with Crippen LogP contribution in [-0.4, -0.2) is 41.1 Å². The predicted molar refractivity (Wildman–Crippen MR) is 78.3 cm³/mol. The van der Waals surface area contributed by atoms with Gasteiger partial charge in [0.1, 0.15) is 4.99 Å². The first-order valence-electron chi connectivity index (χ1n) is 6.21. The number of amides is 1. The van der Waals surface area contributed by atoms with E-state index in [2.05, 4.69) is 0 Å². The predicted octanol–water partition coefficient (Wildman–Crippen LogP) is 1.57. The van der Waals surface area contributed by atoms with E-state index in [4.69, 9.17) is 22.7 Å². The fourth-order valence-corrected chi connectivity index (χ4v) is 2.30. The number of benzene rings is 1. The van der Waals surface area contributed by atoms with Crippen LogP contribution in [0.2, 0.25) is 0 Å². The van der Waals surface area contributed by atoms with Crippen molar-refractivity contribution < 1.29 is 9.53 Å². The molecular formula is C14H18N2O2S. The Labute approximate surface area is 118 Å². The zero-order valence-corrected chi connectivity index (χ0v) is 12.0. The van der Waals surface area contributed by atoms with Gasteiger partial charge in [0.15, 0.2) is 0 Å². The van der Waals surface area contributed by atoms with Crippen molar-refractivity contribution in [1.82, 2.24) is 4.90 Å². The van der Waals surface area contributed by atoms with Crippen molar-refractivity contribution in [2.24, 2.45) is 5.73 Å². The molecular weight excluding hydrogens is 260 g/mol. The van der Waals surface area contributed by atoms with Gasteiger partial charge in [-0.3, -0.25) is 4.79 Å². The number of ether oxygens (including phenoxy) is 1. The number of hydrogen-bond acceptors (Lipinski definition) is 3. The average Bonchev–Trinajstić information content (AvgIpc) is 2.37. The van der Waals surface area contributed by atoms with E-state index in [9.17, 15) is 4.79 Å². The smallest absolute Gasteiger partial charge is 0.254 e. The minimum Gasteiger partial charge on any atom is -0.389 e. The molecule has 1 aromatic rings. The number of nitrogens with two attached hydrogens (primary N) is 1. The summed E-state index contributed by atoms with van der Waals surface area (Å²) in [6, 6.07) is 7.09. The molecule has 1 aliphatic rings. The second-order valence-electron chi connectivity index (χ2n) is 5.26. The van der Waals surface area contributed by atoms with Gasteiger partial charge in [0.2, 0.25) is 0 Å². The van der Waals surface area contributed by atoms with E-state index < -0.39 is 0 Å². The highest BCUT2D eigenvalue weighted by atomic mass is 32.1.